The van der Waals surface area contributed by atoms with Crippen molar-refractivity contribution in [2.24, 2.45) is 23.5 Å². The van der Waals surface area contributed by atoms with E-state index in [2.05, 4.69) is 6.92 Å². The molecule has 1 fully saturated rings. The fraction of sp³-hybridized carbons (Fsp3) is 0.909. The maximum Gasteiger partial charge on any atom is 0.307 e. The number of carbonyl (C=O) groups is 1. The fourth-order valence-electron chi connectivity index (χ4n) is 1.83. The van der Waals surface area contributed by atoms with Crippen LogP contribution in [-0.2, 0) is 4.79 Å². The Balaban J connectivity index is 2.15. The molecule has 0 bridgehead atoms. The molecule has 3 nitrogen and oxygen atoms in total. The quantitative estimate of drug-likeness (QED) is 0.658. The third kappa shape index (κ3) is 4.09. The topological polar surface area (TPSA) is 63.3 Å². The van der Waals surface area contributed by atoms with Crippen molar-refractivity contribution >= 4 is 5.97 Å². The zero-order valence-electron chi connectivity index (χ0n) is 8.91. The molecule has 1 saturated carbocycles. The van der Waals surface area contributed by atoms with E-state index in [4.69, 9.17) is 10.8 Å². The van der Waals surface area contributed by atoms with Gasteiger partial charge in [-0.1, -0.05) is 32.6 Å². The van der Waals surface area contributed by atoms with E-state index in [1.807, 2.05) is 0 Å². The molecule has 0 aliphatic heterocycles. The number of carboxylic acid groups (broad SMARTS) is 1. The van der Waals surface area contributed by atoms with Gasteiger partial charge in [0.2, 0.25) is 0 Å². The van der Waals surface area contributed by atoms with E-state index in [9.17, 15) is 4.79 Å². The molecule has 0 saturated heterocycles. The summed E-state index contributed by atoms with van der Waals surface area (Å²) in [5.41, 5.74) is 5.41. The number of carboxylic acids is 1. The number of nitrogens with two attached hydrogens (primary N) is 1. The average molecular weight is 199 g/mol. The van der Waals surface area contributed by atoms with E-state index < -0.39 is 5.97 Å². The average Bonchev–Trinajstić information content (AvgIpc) is 2.93. The molecule has 0 radical (unpaired) electrons. The standard InChI is InChI=1S/C11H21NO2/c1-8(2-3-9-4-5-9)6-10(7-12)11(13)14/h8-10H,2-7,12H2,1H3,(H,13,14). The molecule has 14 heavy (non-hydrogen) atoms. The van der Waals surface area contributed by atoms with Crippen LogP contribution in [0.15, 0.2) is 0 Å². The van der Waals surface area contributed by atoms with Crippen LogP contribution in [0.4, 0.5) is 0 Å². The van der Waals surface area contributed by atoms with Crippen molar-refractivity contribution in [1.29, 1.82) is 0 Å². The smallest absolute Gasteiger partial charge is 0.307 e. The monoisotopic (exact) mass is 199 g/mol. The Hall–Kier alpha value is -0.570. The second-order valence-corrected chi connectivity index (χ2v) is 4.63. The van der Waals surface area contributed by atoms with Crippen molar-refractivity contribution in [1.82, 2.24) is 0 Å². The molecule has 0 heterocycles. The molecule has 0 aromatic carbocycles. The summed E-state index contributed by atoms with van der Waals surface area (Å²) in [5.74, 6) is 0.355. The molecule has 3 heteroatoms. The maximum absolute atomic E-state index is 10.7. The highest BCUT2D eigenvalue weighted by molar-refractivity contribution is 5.70. The molecular formula is C11H21NO2. The Morgan fingerprint density at radius 1 is 1.57 bits per heavy atom. The predicted octanol–water partition coefficient (Wildman–Crippen LogP) is 1.86. The summed E-state index contributed by atoms with van der Waals surface area (Å²) in [6.45, 7) is 2.40. The van der Waals surface area contributed by atoms with Gasteiger partial charge in [-0.25, -0.2) is 0 Å². The Labute approximate surface area is 85.7 Å². The number of rotatable bonds is 7. The van der Waals surface area contributed by atoms with Gasteiger partial charge in [-0.2, -0.15) is 0 Å². The zero-order valence-corrected chi connectivity index (χ0v) is 8.91. The molecule has 1 aliphatic carbocycles. The van der Waals surface area contributed by atoms with Crippen molar-refractivity contribution in [3.8, 4) is 0 Å². The Kier molecular flexibility index (Phi) is 4.39. The molecular weight excluding hydrogens is 178 g/mol. The summed E-state index contributed by atoms with van der Waals surface area (Å²) in [4.78, 5) is 10.7. The summed E-state index contributed by atoms with van der Waals surface area (Å²) in [7, 11) is 0. The van der Waals surface area contributed by atoms with Crippen LogP contribution in [-0.4, -0.2) is 17.6 Å². The van der Waals surface area contributed by atoms with Gasteiger partial charge in [-0.15, -0.1) is 0 Å². The van der Waals surface area contributed by atoms with Gasteiger partial charge in [0.1, 0.15) is 0 Å². The fourth-order valence-corrected chi connectivity index (χ4v) is 1.83. The third-order valence-electron chi connectivity index (χ3n) is 3.09. The molecule has 0 aromatic heterocycles. The maximum atomic E-state index is 10.7. The van der Waals surface area contributed by atoms with Crippen molar-refractivity contribution < 1.29 is 9.90 Å². The van der Waals surface area contributed by atoms with E-state index in [1.165, 1.54) is 19.3 Å². The van der Waals surface area contributed by atoms with Crippen LogP contribution in [0.2, 0.25) is 0 Å². The van der Waals surface area contributed by atoms with Gasteiger partial charge in [0, 0.05) is 6.54 Å². The number of hydrogen-bond donors (Lipinski definition) is 2. The van der Waals surface area contributed by atoms with Crippen LogP contribution in [0.25, 0.3) is 0 Å². The van der Waals surface area contributed by atoms with Gasteiger partial charge in [-0.05, 0) is 18.3 Å². The molecule has 0 amide bonds. The molecule has 0 spiro atoms. The van der Waals surface area contributed by atoms with Crippen LogP contribution in [0.3, 0.4) is 0 Å². The minimum Gasteiger partial charge on any atom is -0.481 e. The van der Waals surface area contributed by atoms with Crippen LogP contribution in [0, 0.1) is 17.8 Å². The van der Waals surface area contributed by atoms with Gasteiger partial charge < -0.3 is 10.8 Å². The van der Waals surface area contributed by atoms with Crippen molar-refractivity contribution in [3.63, 3.8) is 0 Å². The summed E-state index contributed by atoms with van der Waals surface area (Å²) in [6.07, 6.45) is 5.93. The summed E-state index contributed by atoms with van der Waals surface area (Å²) in [5, 5.41) is 8.83. The van der Waals surface area contributed by atoms with Gasteiger partial charge >= 0.3 is 5.97 Å². The lowest BCUT2D eigenvalue weighted by Gasteiger charge is -2.15. The normalized spacial score (nSPS) is 20.4. The first-order chi connectivity index (χ1) is 6.63. The summed E-state index contributed by atoms with van der Waals surface area (Å²) < 4.78 is 0. The third-order valence-corrected chi connectivity index (χ3v) is 3.09. The van der Waals surface area contributed by atoms with Gasteiger partial charge in [0.05, 0.1) is 5.92 Å². The first-order valence-corrected chi connectivity index (χ1v) is 5.56. The van der Waals surface area contributed by atoms with Crippen LogP contribution < -0.4 is 5.73 Å². The molecule has 82 valence electrons. The number of aliphatic carboxylic acids is 1. The highest BCUT2D eigenvalue weighted by atomic mass is 16.4. The van der Waals surface area contributed by atoms with E-state index in [0.717, 1.165) is 18.8 Å². The van der Waals surface area contributed by atoms with Crippen LogP contribution >= 0.6 is 0 Å². The van der Waals surface area contributed by atoms with E-state index >= 15 is 0 Å². The van der Waals surface area contributed by atoms with E-state index in [0.29, 0.717) is 5.92 Å². The minimum absolute atomic E-state index is 0.267. The largest absolute Gasteiger partial charge is 0.481 e. The molecule has 1 rings (SSSR count). The minimum atomic E-state index is -0.745. The van der Waals surface area contributed by atoms with Crippen LogP contribution in [0.5, 0.6) is 0 Å². The first kappa shape index (κ1) is 11.5. The van der Waals surface area contributed by atoms with Gasteiger partial charge in [-0.3, -0.25) is 4.79 Å². The molecule has 0 aromatic rings. The lowest BCUT2D eigenvalue weighted by molar-refractivity contribution is -0.141. The second kappa shape index (κ2) is 5.35. The van der Waals surface area contributed by atoms with Crippen LogP contribution in [0.1, 0.15) is 39.0 Å². The van der Waals surface area contributed by atoms with Crippen molar-refractivity contribution in [2.75, 3.05) is 6.54 Å². The zero-order chi connectivity index (χ0) is 10.6. The second-order valence-electron chi connectivity index (χ2n) is 4.63. The SMILES string of the molecule is CC(CCC1CC1)CC(CN)C(=O)O. The molecule has 3 N–H and O–H groups in total. The van der Waals surface area contributed by atoms with E-state index in [-0.39, 0.29) is 12.5 Å². The van der Waals surface area contributed by atoms with Gasteiger partial charge in [0.15, 0.2) is 0 Å². The summed E-state index contributed by atoms with van der Waals surface area (Å²) in [6, 6.07) is 0. The van der Waals surface area contributed by atoms with Crippen molar-refractivity contribution in [3.05, 3.63) is 0 Å². The molecule has 1 aliphatic rings. The molecule has 2 unspecified atom stereocenters. The highest BCUT2D eigenvalue weighted by Crippen LogP contribution is 2.35. The molecule has 2 atom stereocenters. The van der Waals surface area contributed by atoms with Crippen molar-refractivity contribution in [2.45, 2.75) is 39.0 Å². The lowest BCUT2D eigenvalue weighted by Crippen LogP contribution is -2.25. The summed E-state index contributed by atoms with van der Waals surface area (Å²) >= 11 is 0. The Morgan fingerprint density at radius 3 is 2.64 bits per heavy atom. The van der Waals surface area contributed by atoms with Gasteiger partial charge in [0.25, 0.3) is 0 Å². The number of hydrogen-bond acceptors (Lipinski definition) is 2. The lowest BCUT2D eigenvalue weighted by atomic mass is 9.92. The van der Waals surface area contributed by atoms with E-state index in [1.54, 1.807) is 0 Å². The predicted molar refractivity (Wildman–Crippen MR) is 55.9 cm³/mol. The first-order valence-electron chi connectivity index (χ1n) is 5.56. The highest BCUT2D eigenvalue weighted by Gasteiger charge is 2.23. The Morgan fingerprint density at radius 2 is 2.21 bits per heavy atom. The Bertz CT molecular complexity index is 190.